The molecule has 0 radical (unpaired) electrons. The summed E-state index contributed by atoms with van der Waals surface area (Å²) in [5.41, 5.74) is 0. The molecule has 1 saturated carbocycles. The van der Waals surface area contributed by atoms with Crippen LogP contribution in [0, 0.1) is 0 Å². The Morgan fingerprint density at radius 1 is 1.41 bits per heavy atom. The molecule has 2 N–H and O–H groups in total. The standard InChI is InChI=1S/C16H26N2O2S2/c1-3-12(14-9-7-11-21-14)17-16(19)18-13-8-5-6-10-15(13)22(20)4-2/h7,9,11-13,15H,3-6,8,10H2,1-2H3,(H2,17,18,19)/t12-,13+,15-,22-/m0/s1. The first-order valence-corrected chi connectivity index (χ1v) is 10.4. The van der Waals surface area contributed by atoms with Crippen molar-refractivity contribution in [1.82, 2.24) is 10.6 Å². The second-order valence-corrected chi connectivity index (χ2v) is 8.62. The van der Waals surface area contributed by atoms with Crippen LogP contribution in [0.3, 0.4) is 0 Å². The largest absolute Gasteiger partial charge is 0.334 e. The lowest BCUT2D eigenvalue weighted by Crippen LogP contribution is -2.51. The highest BCUT2D eigenvalue weighted by molar-refractivity contribution is 7.85. The number of amides is 2. The number of hydrogen-bond donors (Lipinski definition) is 2. The maximum atomic E-state index is 12.3. The molecule has 1 fully saturated rings. The quantitative estimate of drug-likeness (QED) is 0.830. The minimum absolute atomic E-state index is 0.0374. The van der Waals surface area contributed by atoms with E-state index in [0.29, 0.717) is 5.75 Å². The van der Waals surface area contributed by atoms with Crippen molar-refractivity contribution in [2.24, 2.45) is 0 Å². The molecule has 4 nitrogen and oxygen atoms in total. The molecule has 6 heteroatoms. The zero-order chi connectivity index (χ0) is 15.9. The first-order chi connectivity index (χ1) is 10.7. The SMILES string of the molecule is CC[C@H](NC(=O)N[C@@H]1CCCC[C@@H]1[S@@](=O)CC)c1cccs1. The molecule has 0 aliphatic heterocycles. The maximum Gasteiger partial charge on any atom is 0.315 e. The van der Waals surface area contributed by atoms with Gasteiger partial charge in [-0.05, 0) is 30.7 Å². The molecule has 0 unspecified atom stereocenters. The van der Waals surface area contributed by atoms with Crippen molar-refractivity contribution in [1.29, 1.82) is 0 Å². The second kappa shape index (κ2) is 8.67. The fourth-order valence-corrected chi connectivity index (χ4v) is 5.31. The molecule has 0 spiro atoms. The Morgan fingerprint density at radius 3 is 2.82 bits per heavy atom. The fourth-order valence-electron chi connectivity index (χ4n) is 3.02. The molecule has 0 bridgehead atoms. The molecule has 1 aliphatic carbocycles. The summed E-state index contributed by atoms with van der Waals surface area (Å²) in [4.78, 5) is 13.5. The van der Waals surface area contributed by atoms with Crippen LogP contribution in [0.25, 0.3) is 0 Å². The monoisotopic (exact) mass is 342 g/mol. The van der Waals surface area contributed by atoms with E-state index in [-0.39, 0.29) is 23.4 Å². The van der Waals surface area contributed by atoms with E-state index in [1.165, 1.54) is 4.88 Å². The van der Waals surface area contributed by atoms with E-state index in [2.05, 4.69) is 23.6 Å². The van der Waals surface area contributed by atoms with Gasteiger partial charge in [0.25, 0.3) is 0 Å². The van der Waals surface area contributed by atoms with E-state index >= 15 is 0 Å². The minimum Gasteiger partial charge on any atom is -0.334 e. The third-order valence-corrected chi connectivity index (χ3v) is 7.04. The third-order valence-electron chi connectivity index (χ3n) is 4.24. The number of rotatable bonds is 6. The van der Waals surface area contributed by atoms with Crippen LogP contribution >= 0.6 is 11.3 Å². The van der Waals surface area contributed by atoms with E-state index in [9.17, 15) is 9.00 Å². The lowest BCUT2D eigenvalue weighted by atomic mass is 9.95. The number of hydrogen-bond acceptors (Lipinski definition) is 3. The van der Waals surface area contributed by atoms with Gasteiger partial charge in [0.05, 0.1) is 11.3 Å². The molecule has 0 saturated heterocycles. The number of thiophene rings is 1. The summed E-state index contributed by atoms with van der Waals surface area (Å²) in [6, 6.07) is 4.01. The van der Waals surface area contributed by atoms with Gasteiger partial charge in [-0.15, -0.1) is 11.3 Å². The van der Waals surface area contributed by atoms with Gasteiger partial charge in [0.2, 0.25) is 0 Å². The highest BCUT2D eigenvalue weighted by Gasteiger charge is 2.30. The molecule has 1 aliphatic rings. The minimum atomic E-state index is -0.844. The molecular formula is C16H26N2O2S2. The van der Waals surface area contributed by atoms with Crippen molar-refractivity contribution in [3.05, 3.63) is 22.4 Å². The number of carbonyl (C=O) groups excluding carboxylic acids is 1. The molecule has 2 rings (SSSR count). The van der Waals surface area contributed by atoms with Crippen LogP contribution in [0.1, 0.15) is 56.9 Å². The second-order valence-electron chi connectivity index (χ2n) is 5.69. The van der Waals surface area contributed by atoms with Gasteiger partial charge in [-0.1, -0.05) is 32.8 Å². The van der Waals surface area contributed by atoms with Crippen LogP contribution in [-0.2, 0) is 10.8 Å². The van der Waals surface area contributed by atoms with Crippen molar-refractivity contribution >= 4 is 28.2 Å². The van der Waals surface area contributed by atoms with Gasteiger partial charge >= 0.3 is 6.03 Å². The van der Waals surface area contributed by atoms with Crippen molar-refractivity contribution in [2.75, 3.05) is 5.75 Å². The third kappa shape index (κ3) is 4.56. The van der Waals surface area contributed by atoms with E-state index in [0.717, 1.165) is 32.1 Å². The zero-order valence-electron chi connectivity index (χ0n) is 13.3. The Hall–Kier alpha value is -0.880. The highest BCUT2D eigenvalue weighted by Crippen LogP contribution is 2.24. The number of carbonyl (C=O) groups is 1. The Balaban J connectivity index is 1.93. The Morgan fingerprint density at radius 2 is 2.18 bits per heavy atom. The maximum absolute atomic E-state index is 12.3. The van der Waals surface area contributed by atoms with Crippen LogP contribution in [0.15, 0.2) is 17.5 Å². The van der Waals surface area contributed by atoms with Crippen molar-refractivity contribution < 1.29 is 9.00 Å². The van der Waals surface area contributed by atoms with Gasteiger partial charge in [-0.25, -0.2) is 4.79 Å². The lowest BCUT2D eigenvalue weighted by molar-refractivity contribution is 0.229. The topological polar surface area (TPSA) is 58.2 Å². The van der Waals surface area contributed by atoms with E-state index in [4.69, 9.17) is 0 Å². The fraction of sp³-hybridized carbons (Fsp3) is 0.688. The summed E-state index contributed by atoms with van der Waals surface area (Å²) >= 11 is 1.66. The molecule has 22 heavy (non-hydrogen) atoms. The van der Waals surface area contributed by atoms with Crippen LogP contribution in [0.4, 0.5) is 4.79 Å². The van der Waals surface area contributed by atoms with E-state index < -0.39 is 10.8 Å². The zero-order valence-corrected chi connectivity index (χ0v) is 15.0. The molecule has 4 atom stereocenters. The highest BCUT2D eigenvalue weighted by atomic mass is 32.2. The predicted octanol–water partition coefficient (Wildman–Crippen LogP) is 3.58. The summed E-state index contributed by atoms with van der Waals surface area (Å²) in [7, 11) is -0.844. The van der Waals surface area contributed by atoms with E-state index in [1.807, 2.05) is 18.4 Å². The Labute approximate surface area is 139 Å². The average Bonchev–Trinajstić information content (AvgIpc) is 3.06. The first kappa shape index (κ1) is 17.5. The van der Waals surface area contributed by atoms with Crippen molar-refractivity contribution in [3.63, 3.8) is 0 Å². The van der Waals surface area contributed by atoms with Crippen LogP contribution in [-0.4, -0.2) is 27.3 Å². The van der Waals surface area contributed by atoms with Gasteiger partial charge in [0, 0.05) is 27.5 Å². The van der Waals surface area contributed by atoms with Gasteiger partial charge in [0.15, 0.2) is 0 Å². The summed E-state index contributed by atoms with van der Waals surface area (Å²) in [5.74, 6) is 0.664. The Kier molecular flexibility index (Phi) is 6.89. The molecule has 1 heterocycles. The molecule has 1 aromatic rings. The molecule has 1 aromatic heterocycles. The molecule has 2 amide bonds. The molecule has 0 aromatic carbocycles. The lowest BCUT2D eigenvalue weighted by Gasteiger charge is -2.31. The normalized spacial score (nSPS) is 24.5. The van der Waals surface area contributed by atoms with Gasteiger partial charge in [0.1, 0.15) is 0 Å². The Bertz CT molecular complexity index is 490. The van der Waals surface area contributed by atoms with Crippen LogP contribution in [0.2, 0.25) is 0 Å². The van der Waals surface area contributed by atoms with Gasteiger partial charge in [-0.3, -0.25) is 4.21 Å². The summed E-state index contributed by atoms with van der Waals surface area (Å²) < 4.78 is 12.2. The van der Waals surface area contributed by atoms with Crippen molar-refractivity contribution in [3.8, 4) is 0 Å². The summed E-state index contributed by atoms with van der Waals surface area (Å²) in [6.07, 6.45) is 4.96. The smallest absolute Gasteiger partial charge is 0.315 e. The summed E-state index contributed by atoms with van der Waals surface area (Å²) in [6.45, 7) is 4.02. The first-order valence-electron chi connectivity index (χ1n) is 8.13. The van der Waals surface area contributed by atoms with Gasteiger partial charge < -0.3 is 10.6 Å². The van der Waals surface area contributed by atoms with Crippen LogP contribution < -0.4 is 10.6 Å². The van der Waals surface area contributed by atoms with Crippen LogP contribution in [0.5, 0.6) is 0 Å². The van der Waals surface area contributed by atoms with Crippen molar-refractivity contribution in [2.45, 2.75) is 63.3 Å². The van der Waals surface area contributed by atoms with E-state index in [1.54, 1.807) is 11.3 Å². The number of urea groups is 1. The summed E-state index contributed by atoms with van der Waals surface area (Å²) in [5, 5.41) is 8.26. The molecule has 124 valence electrons. The molecular weight excluding hydrogens is 316 g/mol. The van der Waals surface area contributed by atoms with Gasteiger partial charge in [-0.2, -0.15) is 0 Å². The average molecular weight is 343 g/mol. The predicted molar refractivity (Wildman–Crippen MR) is 93.7 cm³/mol. The number of nitrogens with one attached hydrogen (secondary N) is 2.